The first-order chi connectivity index (χ1) is 14.7. The molecule has 0 spiro atoms. The Bertz CT molecular complexity index is 916. The van der Waals surface area contributed by atoms with E-state index in [1.165, 1.54) is 37.7 Å². The lowest BCUT2D eigenvalue weighted by molar-refractivity contribution is -0.138. The van der Waals surface area contributed by atoms with Crippen LogP contribution in [0.5, 0.6) is 11.5 Å². The molecule has 0 saturated heterocycles. The number of thiophene rings is 1. The maximum absolute atomic E-state index is 12.8. The van der Waals surface area contributed by atoms with E-state index < -0.39 is 12.6 Å². The van der Waals surface area contributed by atoms with Gasteiger partial charge in [-0.3, -0.25) is 9.59 Å². The van der Waals surface area contributed by atoms with Crippen LogP contribution in [0.1, 0.15) is 47.7 Å². The van der Waals surface area contributed by atoms with Crippen LogP contribution in [-0.4, -0.2) is 55.6 Å². The predicted octanol–water partition coefficient (Wildman–Crippen LogP) is 3.82. The van der Waals surface area contributed by atoms with E-state index in [-0.39, 0.29) is 35.1 Å². The highest BCUT2D eigenvalue weighted by atomic mass is 32.1. The van der Waals surface area contributed by atoms with E-state index in [0.717, 1.165) is 0 Å². The number of hydrogen-bond acceptors (Lipinski definition) is 7. The summed E-state index contributed by atoms with van der Waals surface area (Å²) in [6.45, 7) is 7.17. The SMILES string of the molecule is COc1cc(NC(=O)c2cccs2)c(C(=O)OCC(=O)N(C(C)C)C(C)C)cc1OC. The molecule has 0 radical (unpaired) electrons. The summed E-state index contributed by atoms with van der Waals surface area (Å²) >= 11 is 1.27. The number of carbonyl (C=O) groups is 3. The number of amides is 2. The van der Waals surface area contributed by atoms with Gasteiger partial charge in [-0.15, -0.1) is 11.3 Å². The van der Waals surface area contributed by atoms with Gasteiger partial charge in [0.25, 0.3) is 11.8 Å². The van der Waals surface area contributed by atoms with E-state index >= 15 is 0 Å². The molecule has 0 aliphatic heterocycles. The third-order valence-corrected chi connectivity index (χ3v) is 5.33. The predicted molar refractivity (Wildman–Crippen MR) is 119 cm³/mol. The standard InChI is InChI=1S/C22H28N2O6S/c1-13(2)24(14(3)4)20(25)12-30-22(27)15-10-17(28-5)18(29-6)11-16(15)23-21(26)19-8-7-9-31-19/h7-11,13-14H,12H2,1-6H3,(H,23,26). The van der Waals surface area contributed by atoms with Crippen LogP contribution >= 0.6 is 11.3 Å². The zero-order chi connectivity index (χ0) is 23.1. The summed E-state index contributed by atoms with van der Waals surface area (Å²) in [5, 5.41) is 4.48. The summed E-state index contributed by atoms with van der Waals surface area (Å²) in [5.74, 6) is -0.812. The molecule has 0 unspecified atom stereocenters. The Labute approximate surface area is 186 Å². The minimum absolute atomic E-state index is 0.0343. The molecule has 1 heterocycles. The molecular weight excluding hydrogens is 420 g/mol. The molecule has 0 aliphatic carbocycles. The Morgan fingerprint density at radius 1 is 1.03 bits per heavy atom. The number of benzene rings is 1. The monoisotopic (exact) mass is 448 g/mol. The quantitative estimate of drug-likeness (QED) is 0.586. The topological polar surface area (TPSA) is 94.2 Å². The molecule has 31 heavy (non-hydrogen) atoms. The molecule has 2 rings (SSSR count). The maximum atomic E-state index is 12.8. The lowest BCUT2D eigenvalue weighted by Crippen LogP contribution is -2.44. The van der Waals surface area contributed by atoms with Gasteiger partial charge in [0, 0.05) is 24.2 Å². The minimum atomic E-state index is -0.761. The molecule has 2 amide bonds. The van der Waals surface area contributed by atoms with Crippen molar-refractivity contribution in [2.24, 2.45) is 0 Å². The molecule has 1 aromatic heterocycles. The Kier molecular flexibility index (Phi) is 8.44. The van der Waals surface area contributed by atoms with Crippen molar-refractivity contribution < 1.29 is 28.6 Å². The zero-order valence-corrected chi connectivity index (χ0v) is 19.4. The van der Waals surface area contributed by atoms with Crippen molar-refractivity contribution in [2.45, 2.75) is 39.8 Å². The molecule has 1 aromatic carbocycles. The van der Waals surface area contributed by atoms with Crippen molar-refractivity contribution in [3.63, 3.8) is 0 Å². The first kappa shape index (κ1) is 24.2. The summed E-state index contributed by atoms with van der Waals surface area (Å²) in [6.07, 6.45) is 0. The molecule has 8 nitrogen and oxygen atoms in total. The lowest BCUT2D eigenvalue weighted by Gasteiger charge is -2.30. The highest BCUT2D eigenvalue weighted by molar-refractivity contribution is 7.12. The van der Waals surface area contributed by atoms with Gasteiger partial charge in [0.1, 0.15) is 0 Å². The molecule has 0 aliphatic rings. The van der Waals surface area contributed by atoms with Gasteiger partial charge in [0.15, 0.2) is 18.1 Å². The van der Waals surface area contributed by atoms with Gasteiger partial charge < -0.3 is 24.4 Å². The molecule has 0 fully saturated rings. The second-order valence-electron chi connectivity index (χ2n) is 7.25. The van der Waals surface area contributed by atoms with Gasteiger partial charge in [-0.05, 0) is 39.1 Å². The van der Waals surface area contributed by atoms with E-state index in [1.807, 2.05) is 27.7 Å². The number of nitrogens with one attached hydrogen (secondary N) is 1. The van der Waals surface area contributed by atoms with Crippen molar-refractivity contribution in [3.05, 3.63) is 40.1 Å². The molecule has 0 atom stereocenters. The van der Waals surface area contributed by atoms with Gasteiger partial charge in [0.05, 0.1) is 30.3 Å². The Hall–Kier alpha value is -3.07. The number of rotatable bonds is 9. The molecule has 168 valence electrons. The normalized spacial score (nSPS) is 10.7. The number of hydrogen-bond donors (Lipinski definition) is 1. The number of carbonyl (C=O) groups excluding carboxylic acids is 3. The second kappa shape index (κ2) is 10.8. The van der Waals surface area contributed by atoms with E-state index in [9.17, 15) is 14.4 Å². The summed E-state index contributed by atoms with van der Waals surface area (Å²) in [6, 6.07) is 6.25. The molecule has 0 bridgehead atoms. The van der Waals surface area contributed by atoms with Crippen LogP contribution in [0.25, 0.3) is 0 Å². The molecule has 0 saturated carbocycles. The van der Waals surface area contributed by atoms with E-state index in [1.54, 1.807) is 22.4 Å². The van der Waals surface area contributed by atoms with E-state index in [0.29, 0.717) is 16.4 Å². The maximum Gasteiger partial charge on any atom is 0.340 e. The molecular formula is C22H28N2O6S. The van der Waals surface area contributed by atoms with Gasteiger partial charge in [-0.25, -0.2) is 4.79 Å². The number of ether oxygens (including phenoxy) is 3. The lowest BCUT2D eigenvalue weighted by atomic mass is 10.1. The zero-order valence-electron chi connectivity index (χ0n) is 18.6. The first-order valence-electron chi connectivity index (χ1n) is 9.78. The van der Waals surface area contributed by atoms with Gasteiger partial charge in [0.2, 0.25) is 0 Å². The summed E-state index contributed by atoms with van der Waals surface area (Å²) in [4.78, 5) is 40.0. The highest BCUT2D eigenvalue weighted by Gasteiger charge is 2.24. The molecule has 2 aromatic rings. The van der Waals surface area contributed by atoms with Gasteiger partial charge >= 0.3 is 5.97 Å². The third-order valence-electron chi connectivity index (χ3n) is 4.46. The fourth-order valence-electron chi connectivity index (χ4n) is 3.19. The Balaban J connectivity index is 2.29. The van der Waals surface area contributed by atoms with Crippen LogP contribution in [-0.2, 0) is 9.53 Å². The van der Waals surface area contributed by atoms with E-state index in [2.05, 4.69) is 5.32 Å². The minimum Gasteiger partial charge on any atom is -0.493 e. The smallest absolute Gasteiger partial charge is 0.340 e. The van der Waals surface area contributed by atoms with Crippen molar-refractivity contribution >= 4 is 34.8 Å². The average Bonchev–Trinajstić information content (AvgIpc) is 3.26. The summed E-state index contributed by atoms with van der Waals surface area (Å²) in [7, 11) is 2.88. The summed E-state index contributed by atoms with van der Waals surface area (Å²) in [5.41, 5.74) is 0.245. The van der Waals surface area contributed by atoms with Gasteiger partial charge in [-0.1, -0.05) is 6.07 Å². The Morgan fingerprint density at radius 3 is 2.16 bits per heavy atom. The second-order valence-corrected chi connectivity index (χ2v) is 8.20. The molecule has 1 N–H and O–H groups in total. The van der Waals surface area contributed by atoms with Gasteiger partial charge in [-0.2, -0.15) is 0 Å². The summed E-state index contributed by atoms with van der Waals surface area (Å²) < 4.78 is 15.8. The van der Waals surface area contributed by atoms with E-state index in [4.69, 9.17) is 14.2 Å². The first-order valence-corrected chi connectivity index (χ1v) is 10.7. The largest absolute Gasteiger partial charge is 0.493 e. The fourth-order valence-corrected chi connectivity index (χ4v) is 3.81. The Morgan fingerprint density at radius 2 is 1.65 bits per heavy atom. The van der Waals surface area contributed by atoms with Crippen molar-refractivity contribution in [1.29, 1.82) is 0 Å². The van der Waals surface area contributed by atoms with Crippen LogP contribution in [0.3, 0.4) is 0 Å². The number of nitrogens with zero attached hydrogens (tertiary/aromatic N) is 1. The van der Waals surface area contributed by atoms with Crippen LogP contribution in [0.2, 0.25) is 0 Å². The third kappa shape index (κ3) is 5.97. The number of esters is 1. The van der Waals surface area contributed by atoms with Crippen molar-refractivity contribution in [3.8, 4) is 11.5 Å². The van der Waals surface area contributed by atoms with Crippen LogP contribution in [0.4, 0.5) is 5.69 Å². The fraction of sp³-hybridized carbons (Fsp3) is 0.409. The van der Waals surface area contributed by atoms with Crippen LogP contribution in [0.15, 0.2) is 29.6 Å². The number of methoxy groups -OCH3 is 2. The van der Waals surface area contributed by atoms with Crippen LogP contribution in [0, 0.1) is 0 Å². The highest BCUT2D eigenvalue weighted by Crippen LogP contribution is 2.34. The molecule has 9 heteroatoms. The average molecular weight is 449 g/mol. The van der Waals surface area contributed by atoms with Crippen molar-refractivity contribution in [1.82, 2.24) is 4.90 Å². The van der Waals surface area contributed by atoms with Crippen molar-refractivity contribution in [2.75, 3.05) is 26.1 Å². The van der Waals surface area contributed by atoms with Crippen LogP contribution < -0.4 is 14.8 Å². The number of anilines is 1.